The Morgan fingerprint density at radius 2 is 1.84 bits per heavy atom. The topological polar surface area (TPSA) is 42.9 Å². The average molecular weight is 432 g/mol. The molecule has 0 radical (unpaired) electrons. The molecule has 0 unspecified atom stereocenters. The number of hydrogen-bond donors (Lipinski definition) is 0. The Morgan fingerprint density at radius 3 is 2.61 bits per heavy atom. The lowest BCUT2D eigenvalue weighted by Gasteiger charge is -2.08. The maximum absolute atomic E-state index is 14.0. The van der Waals surface area contributed by atoms with Crippen molar-refractivity contribution in [2.45, 2.75) is 25.7 Å². The fourth-order valence-electron chi connectivity index (χ4n) is 3.93. The molecule has 2 heterocycles. The summed E-state index contributed by atoms with van der Waals surface area (Å²) in [5.74, 6) is -1.79. The SMILES string of the molecule is O=C(Cc1c(F)cccc1F)c1nc2c(s1)-c1cc(-c3ccccn3)ccc1CCC2. The summed E-state index contributed by atoms with van der Waals surface area (Å²) < 4.78 is 28.0. The average Bonchev–Trinajstić information content (AvgIpc) is 3.14. The van der Waals surface area contributed by atoms with Crippen LogP contribution < -0.4 is 0 Å². The van der Waals surface area contributed by atoms with E-state index in [1.54, 1.807) is 6.20 Å². The van der Waals surface area contributed by atoms with Gasteiger partial charge in [-0.05, 0) is 60.7 Å². The quantitative estimate of drug-likeness (QED) is 0.368. The van der Waals surface area contributed by atoms with Crippen molar-refractivity contribution in [3.63, 3.8) is 0 Å². The van der Waals surface area contributed by atoms with E-state index in [2.05, 4.69) is 28.2 Å². The first-order chi connectivity index (χ1) is 15.1. The molecule has 0 atom stereocenters. The van der Waals surface area contributed by atoms with Crippen LogP contribution in [0.4, 0.5) is 8.78 Å². The zero-order valence-electron chi connectivity index (χ0n) is 16.6. The van der Waals surface area contributed by atoms with Crippen LogP contribution in [0.25, 0.3) is 21.7 Å². The number of Topliss-reactive ketones (excluding diaryl/α,β-unsaturated/α-hetero) is 1. The number of rotatable bonds is 4. The molecule has 0 spiro atoms. The molecule has 3 nitrogen and oxygen atoms in total. The maximum atomic E-state index is 14.0. The second-order valence-corrected chi connectivity index (χ2v) is 8.53. The number of pyridine rings is 1. The molecule has 0 amide bonds. The van der Waals surface area contributed by atoms with Crippen molar-refractivity contribution in [2.75, 3.05) is 0 Å². The van der Waals surface area contributed by atoms with Crippen molar-refractivity contribution in [3.8, 4) is 21.7 Å². The van der Waals surface area contributed by atoms with Crippen molar-refractivity contribution in [2.24, 2.45) is 0 Å². The third-order valence-electron chi connectivity index (χ3n) is 5.51. The number of benzene rings is 2. The lowest BCUT2D eigenvalue weighted by Crippen LogP contribution is -2.07. The van der Waals surface area contributed by atoms with E-state index in [0.29, 0.717) is 5.01 Å². The molecule has 0 bridgehead atoms. The van der Waals surface area contributed by atoms with Crippen molar-refractivity contribution in [3.05, 3.63) is 94.3 Å². The summed E-state index contributed by atoms with van der Waals surface area (Å²) in [5.41, 5.74) is 4.81. The maximum Gasteiger partial charge on any atom is 0.195 e. The van der Waals surface area contributed by atoms with Gasteiger partial charge in [-0.3, -0.25) is 9.78 Å². The Balaban J connectivity index is 1.53. The summed E-state index contributed by atoms with van der Waals surface area (Å²) in [6, 6.07) is 15.7. The minimum absolute atomic E-state index is 0.212. The van der Waals surface area contributed by atoms with Crippen LogP contribution in [0.2, 0.25) is 0 Å². The molecule has 4 aromatic rings. The van der Waals surface area contributed by atoms with Gasteiger partial charge in [0.15, 0.2) is 10.8 Å². The van der Waals surface area contributed by atoms with E-state index in [9.17, 15) is 13.6 Å². The minimum atomic E-state index is -0.711. The third-order valence-corrected chi connectivity index (χ3v) is 6.68. The first-order valence-electron chi connectivity index (χ1n) is 10.1. The molecule has 0 aliphatic heterocycles. The first-order valence-corrected chi connectivity index (χ1v) is 10.9. The Morgan fingerprint density at radius 1 is 1.00 bits per heavy atom. The number of hydrogen-bond acceptors (Lipinski definition) is 4. The first kappa shape index (κ1) is 19.7. The fourth-order valence-corrected chi connectivity index (χ4v) is 5.03. The van der Waals surface area contributed by atoms with Crippen LogP contribution in [0.15, 0.2) is 60.8 Å². The van der Waals surface area contributed by atoms with Gasteiger partial charge in [0.25, 0.3) is 0 Å². The molecule has 154 valence electrons. The largest absolute Gasteiger partial charge is 0.291 e. The van der Waals surface area contributed by atoms with E-state index in [1.807, 2.05) is 18.2 Å². The second-order valence-electron chi connectivity index (χ2n) is 7.54. The summed E-state index contributed by atoms with van der Waals surface area (Å²) in [7, 11) is 0. The lowest BCUT2D eigenvalue weighted by atomic mass is 9.99. The number of ketones is 1. The van der Waals surface area contributed by atoms with Crippen LogP contribution in [0.5, 0.6) is 0 Å². The highest BCUT2D eigenvalue weighted by Gasteiger charge is 2.24. The van der Waals surface area contributed by atoms with Gasteiger partial charge < -0.3 is 0 Å². The van der Waals surface area contributed by atoms with Crippen LogP contribution in [-0.4, -0.2) is 15.8 Å². The Bertz CT molecular complexity index is 1260. The molecule has 0 fully saturated rings. The monoisotopic (exact) mass is 432 g/mol. The van der Waals surface area contributed by atoms with E-state index < -0.39 is 11.6 Å². The zero-order valence-corrected chi connectivity index (χ0v) is 17.4. The Hall–Kier alpha value is -3.25. The Kier molecular flexibility index (Phi) is 5.16. The number of carbonyl (C=O) groups excluding carboxylic acids is 1. The molecule has 0 N–H and O–H groups in total. The highest BCUT2D eigenvalue weighted by Crippen LogP contribution is 2.39. The fraction of sp³-hybridized carbons (Fsp3) is 0.160. The molecule has 0 saturated heterocycles. The van der Waals surface area contributed by atoms with Gasteiger partial charge in [-0.15, -0.1) is 11.3 Å². The minimum Gasteiger partial charge on any atom is -0.291 e. The van der Waals surface area contributed by atoms with Crippen molar-refractivity contribution >= 4 is 17.1 Å². The standard InChI is InChI=1S/C25H18F2N2OS/c26-19-6-4-7-20(27)18(19)14-23(30)25-29-22-9-3-5-15-10-11-16(13-17(15)24(22)31-25)21-8-1-2-12-28-21/h1-2,4,6-8,10-13H,3,5,9,14H2. The van der Waals surface area contributed by atoms with Crippen LogP contribution in [0.1, 0.15) is 33.0 Å². The number of nitrogens with zero attached hydrogens (tertiary/aromatic N) is 2. The normalized spacial score (nSPS) is 12.7. The molecule has 0 saturated carbocycles. The number of halogens is 2. The van der Waals surface area contributed by atoms with Gasteiger partial charge in [0, 0.05) is 23.7 Å². The molecule has 2 aromatic carbocycles. The lowest BCUT2D eigenvalue weighted by molar-refractivity contribution is 0.0990. The van der Waals surface area contributed by atoms with Gasteiger partial charge in [0.1, 0.15) is 11.6 Å². The third kappa shape index (κ3) is 3.79. The summed E-state index contributed by atoms with van der Waals surface area (Å²) in [5, 5.41) is 0.295. The van der Waals surface area contributed by atoms with Crippen molar-refractivity contribution in [1.82, 2.24) is 9.97 Å². The Labute approximate surface area is 182 Å². The van der Waals surface area contributed by atoms with E-state index in [4.69, 9.17) is 0 Å². The van der Waals surface area contributed by atoms with E-state index in [-0.39, 0.29) is 17.8 Å². The van der Waals surface area contributed by atoms with Crippen LogP contribution in [-0.2, 0) is 19.3 Å². The molecule has 1 aliphatic rings. The predicted molar refractivity (Wildman–Crippen MR) is 117 cm³/mol. The highest BCUT2D eigenvalue weighted by molar-refractivity contribution is 7.17. The van der Waals surface area contributed by atoms with Gasteiger partial charge in [-0.2, -0.15) is 0 Å². The molecular weight excluding hydrogens is 414 g/mol. The van der Waals surface area contributed by atoms with E-state index in [1.165, 1.54) is 23.0 Å². The zero-order chi connectivity index (χ0) is 21.4. The van der Waals surface area contributed by atoms with Crippen molar-refractivity contribution in [1.29, 1.82) is 0 Å². The summed E-state index contributed by atoms with van der Waals surface area (Å²) in [6.45, 7) is 0. The number of fused-ring (bicyclic) bond motifs is 3. The van der Waals surface area contributed by atoms with Gasteiger partial charge in [0.2, 0.25) is 0 Å². The number of aromatic nitrogens is 2. The van der Waals surface area contributed by atoms with Gasteiger partial charge in [-0.25, -0.2) is 13.8 Å². The van der Waals surface area contributed by atoms with Crippen molar-refractivity contribution < 1.29 is 13.6 Å². The van der Waals surface area contributed by atoms with E-state index in [0.717, 1.165) is 58.8 Å². The van der Waals surface area contributed by atoms with Gasteiger partial charge in [0.05, 0.1) is 16.3 Å². The molecule has 5 rings (SSSR count). The number of aryl methyl sites for hydroxylation is 2. The molecular formula is C25H18F2N2OS. The van der Waals surface area contributed by atoms with E-state index >= 15 is 0 Å². The van der Waals surface area contributed by atoms with Crippen LogP contribution >= 0.6 is 11.3 Å². The van der Waals surface area contributed by atoms with Crippen LogP contribution in [0, 0.1) is 11.6 Å². The smallest absolute Gasteiger partial charge is 0.195 e. The number of thiazole rings is 1. The molecule has 31 heavy (non-hydrogen) atoms. The second kappa shape index (κ2) is 8.12. The summed E-state index contributed by atoms with van der Waals surface area (Å²) >= 11 is 1.31. The number of carbonyl (C=O) groups is 1. The van der Waals surface area contributed by atoms with Gasteiger partial charge >= 0.3 is 0 Å². The molecule has 1 aliphatic carbocycles. The molecule has 6 heteroatoms. The highest BCUT2D eigenvalue weighted by atomic mass is 32.1. The van der Waals surface area contributed by atoms with Crippen LogP contribution in [0.3, 0.4) is 0 Å². The molecule has 2 aromatic heterocycles. The summed E-state index contributed by atoms with van der Waals surface area (Å²) in [6.07, 6.45) is 4.05. The predicted octanol–water partition coefficient (Wildman–Crippen LogP) is 6.06. The summed E-state index contributed by atoms with van der Waals surface area (Å²) in [4.78, 5) is 22.8. The van der Waals surface area contributed by atoms with Gasteiger partial charge in [-0.1, -0.05) is 24.3 Å².